The highest BCUT2D eigenvalue weighted by molar-refractivity contribution is 8.29. The highest BCUT2D eigenvalue weighted by Gasteiger charge is 2.24. The third-order valence-electron chi connectivity index (χ3n) is 1.98. The molecule has 1 heterocycles. The van der Waals surface area contributed by atoms with Gasteiger partial charge in [-0.25, -0.2) is 0 Å². The van der Waals surface area contributed by atoms with Gasteiger partial charge in [0.25, 0.3) is 0 Å². The van der Waals surface area contributed by atoms with E-state index >= 15 is 0 Å². The van der Waals surface area contributed by atoms with E-state index in [1.165, 1.54) is 5.04 Å². The van der Waals surface area contributed by atoms with E-state index in [2.05, 4.69) is 23.6 Å². The van der Waals surface area contributed by atoms with Crippen molar-refractivity contribution in [2.45, 2.75) is 19.2 Å². The van der Waals surface area contributed by atoms with Gasteiger partial charge in [-0.2, -0.15) is 11.1 Å². The summed E-state index contributed by atoms with van der Waals surface area (Å²) >= 11 is 6.03. The Hall–Kier alpha value is 0.270. The van der Waals surface area contributed by atoms with Crippen molar-refractivity contribution in [3.8, 4) is 0 Å². The summed E-state index contributed by atoms with van der Waals surface area (Å²) < 4.78 is 3.30. The average molecular weight is 209 g/mol. The predicted octanol–water partition coefficient (Wildman–Crippen LogP) is 1.80. The first-order valence-electron chi connectivity index (χ1n) is 4.30. The van der Waals surface area contributed by atoms with Crippen molar-refractivity contribution in [2.24, 2.45) is 10.9 Å². The zero-order chi connectivity index (χ0) is 9.14. The molecule has 0 aliphatic carbocycles. The van der Waals surface area contributed by atoms with Crippen LogP contribution in [0.2, 0.25) is 0 Å². The van der Waals surface area contributed by atoms with Gasteiger partial charge in [-0.15, -0.1) is 11.6 Å². The molecule has 2 atom stereocenters. The molecule has 0 bridgehead atoms. The lowest BCUT2D eigenvalue weighted by Crippen LogP contribution is -2.23. The van der Waals surface area contributed by atoms with E-state index in [-0.39, 0.29) is 16.5 Å². The summed E-state index contributed by atoms with van der Waals surface area (Å²) in [4.78, 5) is 4.46. The lowest BCUT2D eigenvalue weighted by Gasteiger charge is -2.22. The van der Waals surface area contributed by atoms with Gasteiger partial charge >= 0.3 is 0 Å². The fraction of sp³-hybridized carbons (Fsp3) is 0.875. The van der Waals surface area contributed by atoms with E-state index in [4.69, 9.17) is 11.6 Å². The van der Waals surface area contributed by atoms with Gasteiger partial charge in [0.2, 0.25) is 0 Å². The Kier molecular flexibility index (Phi) is 3.87. The molecule has 1 aliphatic rings. The molecule has 0 saturated heterocycles. The van der Waals surface area contributed by atoms with Crippen molar-refractivity contribution < 1.29 is 0 Å². The van der Waals surface area contributed by atoms with Crippen molar-refractivity contribution in [1.82, 2.24) is 4.72 Å². The van der Waals surface area contributed by atoms with Crippen LogP contribution in [0.15, 0.2) is 4.99 Å². The number of hydrogen-bond acceptors (Lipinski definition) is 2. The summed E-state index contributed by atoms with van der Waals surface area (Å²) in [6, 6.07) is 0. The molecule has 2 nitrogen and oxygen atoms in total. The second kappa shape index (κ2) is 4.49. The lowest BCUT2D eigenvalue weighted by molar-refractivity contribution is 0.694. The van der Waals surface area contributed by atoms with Crippen LogP contribution in [0.5, 0.6) is 0 Å². The molecule has 0 aromatic rings. The van der Waals surface area contributed by atoms with E-state index in [0.29, 0.717) is 5.92 Å². The largest absolute Gasteiger partial charge is 0.281 e. The third-order valence-corrected chi connectivity index (χ3v) is 5.00. The number of rotatable bonds is 3. The number of halogens is 1. The molecule has 4 heteroatoms. The van der Waals surface area contributed by atoms with Crippen molar-refractivity contribution in [3.05, 3.63) is 0 Å². The van der Waals surface area contributed by atoms with Gasteiger partial charge in [0, 0.05) is 12.3 Å². The maximum atomic E-state index is 6.24. The van der Waals surface area contributed by atoms with Gasteiger partial charge in [-0.3, -0.25) is 9.71 Å². The van der Waals surface area contributed by atoms with Crippen LogP contribution < -0.4 is 4.72 Å². The second-order valence-electron chi connectivity index (χ2n) is 3.26. The van der Waals surface area contributed by atoms with E-state index < -0.39 is 0 Å². The van der Waals surface area contributed by atoms with Crippen LogP contribution in [0.1, 0.15) is 13.8 Å². The van der Waals surface area contributed by atoms with E-state index in [1.54, 1.807) is 0 Å². The monoisotopic (exact) mass is 208 g/mol. The van der Waals surface area contributed by atoms with Crippen molar-refractivity contribution >= 4 is 27.7 Å². The summed E-state index contributed by atoms with van der Waals surface area (Å²) in [7, 11) is 2.00. The molecule has 1 N–H and O–H groups in total. The maximum Gasteiger partial charge on any atom is 0.0831 e. The molecule has 0 amide bonds. The molecule has 0 fully saturated rings. The Labute approximate surface area is 82.3 Å². The minimum absolute atomic E-state index is 0.131. The molecular formula is C8H17ClN2S. The van der Waals surface area contributed by atoms with Crippen molar-refractivity contribution in [2.75, 3.05) is 19.3 Å². The van der Waals surface area contributed by atoms with Gasteiger partial charge in [0.1, 0.15) is 0 Å². The molecule has 1 rings (SSSR count). The molecule has 0 spiro atoms. The van der Waals surface area contributed by atoms with Crippen LogP contribution in [-0.2, 0) is 0 Å². The highest BCUT2D eigenvalue weighted by atomic mass is 35.5. The highest BCUT2D eigenvalue weighted by Crippen LogP contribution is 2.32. The van der Waals surface area contributed by atoms with Gasteiger partial charge in [-0.05, 0) is 13.0 Å². The van der Waals surface area contributed by atoms with Gasteiger partial charge < -0.3 is 0 Å². The Morgan fingerprint density at radius 2 is 2.25 bits per heavy atom. The summed E-state index contributed by atoms with van der Waals surface area (Å²) in [6.45, 7) is 5.24. The fourth-order valence-electron chi connectivity index (χ4n) is 1.23. The fourth-order valence-corrected chi connectivity index (χ4v) is 3.50. The molecular weight excluding hydrogens is 192 g/mol. The molecule has 12 heavy (non-hydrogen) atoms. The van der Waals surface area contributed by atoms with Crippen LogP contribution in [0.25, 0.3) is 0 Å². The molecule has 2 unspecified atom stereocenters. The molecule has 1 aliphatic heterocycles. The van der Waals surface area contributed by atoms with Crippen LogP contribution in [-0.4, -0.2) is 29.8 Å². The van der Waals surface area contributed by atoms with Gasteiger partial charge in [-0.1, -0.05) is 13.8 Å². The SMILES string of the molecule is CN[SH]1CCN=C1C(Cl)C(C)C. The van der Waals surface area contributed by atoms with E-state index in [9.17, 15) is 0 Å². The molecule has 0 radical (unpaired) electrons. The van der Waals surface area contributed by atoms with Crippen LogP contribution >= 0.6 is 22.7 Å². The second-order valence-corrected chi connectivity index (χ2v) is 5.94. The average Bonchev–Trinajstić information content (AvgIpc) is 2.49. The molecule has 0 saturated carbocycles. The molecule has 0 aromatic carbocycles. The minimum Gasteiger partial charge on any atom is -0.281 e. The Balaban J connectivity index is 2.61. The van der Waals surface area contributed by atoms with Crippen molar-refractivity contribution in [3.63, 3.8) is 0 Å². The minimum atomic E-state index is -0.210. The topological polar surface area (TPSA) is 24.4 Å². The standard InChI is InChI=1S/C8H17ClN2S/c1-6(2)7(9)8-11-4-5-12(8)10-3/h6-7,10,12H,4-5H2,1-3H3. The molecule has 72 valence electrons. The number of thiol groups is 1. The first-order chi connectivity index (χ1) is 5.66. The van der Waals surface area contributed by atoms with Crippen molar-refractivity contribution in [1.29, 1.82) is 0 Å². The Morgan fingerprint density at radius 1 is 1.58 bits per heavy atom. The summed E-state index contributed by atoms with van der Waals surface area (Å²) in [5, 5.41) is 1.34. The smallest absolute Gasteiger partial charge is 0.0831 e. The zero-order valence-corrected chi connectivity index (χ0v) is 9.49. The number of nitrogens with one attached hydrogen (secondary N) is 1. The number of aliphatic imine (C=N–C) groups is 1. The van der Waals surface area contributed by atoms with Gasteiger partial charge in [0.15, 0.2) is 0 Å². The van der Waals surface area contributed by atoms with Crippen LogP contribution in [0.4, 0.5) is 0 Å². The predicted molar refractivity (Wildman–Crippen MR) is 59.7 cm³/mol. The quantitative estimate of drug-likeness (QED) is 0.537. The number of hydrogen-bond donors (Lipinski definition) is 2. The number of alkyl halides is 1. The molecule has 0 aromatic heterocycles. The normalized spacial score (nSPS) is 29.1. The third kappa shape index (κ3) is 2.15. The summed E-state index contributed by atoms with van der Waals surface area (Å²) in [5.74, 6) is 1.65. The first kappa shape index (κ1) is 10.4. The lowest BCUT2D eigenvalue weighted by atomic mass is 10.1. The Morgan fingerprint density at radius 3 is 2.75 bits per heavy atom. The zero-order valence-electron chi connectivity index (χ0n) is 7.84. The maximum absolute atomic E-state index is 6.24. The number of nitrogens with zero attached hydrogens (tertiary/aromatic N) is 1. The van der Waals surface area contributed by atoms with Gasteiger partial charge in [0.05, 0.1) is 10.4 Å². The summed E-state index contributed by atoms with van der Waals surface area (Å²) in [6.07, 6.45) is 0. The summed E-state index contributed by atoms with van der Waals surface area (Å²) in [5.41, 5.74) is 0. The first-order valence-corrected chi connectivity index (χ1v) is 6.26. The van der Waals surface area contributed by atoms with E-state index in [1.807, 2.05) is 7.05 Å². The Bertz CT molecular complexity index is 182. The van der Waals surface area contributed by atoms with Crippen LogP contribution in [0, 0.1) is 5.92 Å². The van der Waals surface area contributed by atoms with Crippen LogP contribution in [0.3, 0.4) is 0 Å². The van der Waals surface area contributed by atoms with E-state index in [0.717, 1.165) is 12.3 Å².